The molecule has 2 aliphatic rings. The highest BCUT2D eigenvalue weighted by atomic mass is 35.5. The van der Waals surface area contributed by atoms with Crippen LogP contribution in [0.4, 0.5) is 21.6 Å². The number of ether oxygens (including phenoxy) is 3. The largest absolute Gasteiger partial charge is 0.492 e. The number of amides is 1. The fourth-order valence-corrected chi connectivity index (χ4v) is 4.62. The lowest BCUT2D eigenvalue weighted by molar-refractivity contribution is -0.116. The van der Waals surface area contributed by atoms with Crippen LogP contribution in [0.1, 0.15) is 6.92 Å². The van der Waals surface area contributed by atoms with Gasteiger partial charge in [0, 0.05) is 42.9 Å². The Hall–Kier alpha value is -3.31. The number of aromatic nitrogens is 2. The van der Waals surface area contributed by atoms with E-state index in [0.29, 0.717) is 60.2 Å². The maximum absolute atomic E-state index is 13.6. The Kier molecular flexibility index (Phi) is 7.80. The zero-order chi connectivity index (χ0) is 25.8. The molecule has 194 valence electrons. The number of fused-ring (bicyclic) bond motifs is 2. The lowest BCUT2D eigenvalue weighted by atomic mass is 10.1. The van der Waals surface area contributed by atoms with Gasteiger partial charge in [0.15, 0.2) is 0 Å². The summed E-state index contributed by atoms with van der Waals surface area (Å²) in [5.41, 5.74) is 1.65. The molecule has 0 aliphatic carbocycles. The van der Waals surface area contributed by atoms with E-state index in [-0.39, 0.29) is 23.1 Å². The smallest absolute Gasteiger partial charge is 0.248 e. The Morgan fingerprint density at radius 3 is 2.73 bits per heavy atom. The van der Waals surface area contributed by atoms with Gasteiger partial charge in [-0.3, -0.25) is 9.69 Å². The Bertz CT molecular complexity index is 1310. The van der Waals surface area contributed by atoms with Crippen LogP contribution in [-0.4, -0.2) is 72.4 Å². The third-order valence-electron chi connectivity index (χ3n) is 6.15. The van der Waals surface area contributed by atoms with Crippen LogP contribution in [0.2, 0.25) is 5.02 Å². The molecule has 0 spiro atoms. The maximum Gasteiger partial charge on any atom is 0.248 e. The van der Waals surface area contributed by atoms with E-state index in [4.69, 9.17) is 25.8 Å². The summed E-state index contributed by atoms with van der Waals surface area (Å²) in [6, 6.07) is 7.80. The standard InChI is InChI=1S/C26H27ClFN5O4/c1-2-35-22-12-20-17(26(30-15-29-20)31-16-5-6-19(28)18(27)10-16)11-21(22)32-25(34)4-3-7-33-13-23-24(14-33)37-9-8-36-23/h3-6,10-12,15,23-24H,2,7-9,13-14H2,1H3,(H,32,34)(H,29,30,31)/t23-,24-/m0/s1. The van der Waals surface area contributed by atoms with Crippen LogP contribution >= 0.6 is 11.6 Å². The number of carbonyl (C=O) groups excluding carboxylic acids is 1. The van der Waals surface area contributed by atoms with Crippen LogP contribution in [0, 0.1) is 5.82 Å². The molecule has 9 nitrogen and oxygen atoms in total. The normalized spacial score (nSPS) is 19.8. The summed E-state index contributed by atoms with van der Waals surface area (Å²) in [6.45, 7) is 5.71. The van der Waals surface area contributed by atoms with Crippen LogP contribution < -0.4 is 15.4 Å². The van der Waals surface area contributed by atoms with Crippen molar-refractivity contribution in [2.75, 3.05) is 50.1 Å². The van der Waals surface area contributed by atoms with E-state index in [1.807, 2.05) is 13.0 Å². The van der Waals surface area contributed by atoms with Crippen molar-refractivity contribution >= 4 is 45.6 Å². The Morgan fingerprint density at radius 1 is 1.22 bits per heavy atom. The summed E-state index contributed by atoms with van der Waals surface area (Å²) in [6.07, 6.45) is 4.93. The number of likely N-dealkylation sites (tertiary alicyclic amines) is 1. The van der Waals surface area contributed by atoms with E-state index in [1.165, 1.54) is 24.5 Å². The highest BCUT2D eigenvalue weighted by Gasteiger charge is 2.35. The van der Waals surface area contributed by atoms with Gasteiger partial charge in [-0.05, 0) is 31.2 Å². The van der Waals surface area contributed by atoms with E-state index < -0.39 is 5.82 Å². The van der Waals surface area contributed by atoms with Gasteiger partial charge < -0.3 is 24.8 Å². The molecule has 2 atom stereocenters. The molecule has 3 aromatic rings. The van der Waals surface area contributed by atoms with E-state index in [9.17, 15) is 9.18 Å². The molecule has 3 heterocycles. The van der Waals surface area contributed by atoms with E-state index in [1.54, 1.807) is 18.2 Å². The predicted molar refractivity (Wildman–Crippen MR) is 139 cm³/mol. The molecule has 2 saturated heterocycles. The van der Waals surface area contributed by atoms with Crippen molar-refractivity contribution in [2.24, 2.45) is 0 Å². The average Bonchev–Trinajstić information content (AvgIpc) is 3.30. The number of rotatable bonds is 8. The molecule has 1 amide bonds. The van der Waals surface area contributed by atoms with Crippen molar-refractivity contribution in [1.29, 1.82) is 0 Å². The number of hydrogen-bond donors (Lipinski definition) is 2. The van der Waals surface area contributed by atoms with Gasteiger partial charge in [-0.1, -0.05) is 17.7 Å². The minimum atomic E-state index is -0.510. The van der Waals surface area contributed by atoms with E-state index in [2.05, 4.69) is 25.5 Å². The second-order valence-corrected chi connectivity index (χ2v) is 9.11. The second kappa shape index (κ2) is 11.4. The van der Waals surface area contributed by atoms with Gasteiger partial charge in [0.25, 0.3) is 0 Å². The monoisotopic (exact) mass is 527 g/mol. The van der Waals surface area contributed by atoms with Crippen molar-refractivity contribution in [1.82, 2.24) is 14.9 Å². The number of benzene rings is 2. The fraction of sp³-hybridized carbons (Fsp3) is 0.346. The minimum Gasteiger partial charge on any atom is -0.492 e. The highest BCUT2D eigenvalue weighted by Crippen LogP contribution is 2.34. The van der Waals surface area contributed by atoms with Crippen LogP contribution in [0.3, 0.4) is 0 Å². The first kappa shape index (κ1) is 25.3. The van der Waals surface area contributed by atoms with Gasteiger partial charge in [0.1, 0.15) is 23.7 Å². The molecule has 0 saturated carbocycles. The van der Waals surface area contributed by atoms with Crippen molar-refractivity contribution < 1.29 is 23.4 Å². The molecule has 0 bridgehead atoms. The quantitative estimate of drug-likeness (QED) is 0.421. The first-order chi connectivity index (χ1) is 18.0. The summed E-state index contributed by atoms with van der Waals surface area (Å²) < 4.78 is 30.8. The molecule has 37 heavy (non-hydrogen) atoms. The Balaban J connectivity index is 1.32. The Morgan fingerprint density at radius 2 is 2.00 bits per heavy atom. The van der Waals surface area contributed by atoms with E-state index in [0.717, 1.165) is 13.1 Å². The number of carbonyl (C=O) groups is 1. The van der Waals surface area contributed by atoms with Crippen molar-refractivity contribution in [3.8, 4) is 5.75 Å². The summed E-state index contributed by atoms with van der Waals surface area (Å²) in [4.78, 5) is 23.6. The molecule has 5 rings (SSSR count). The van der Waals surface area contributed by atoms with Gasteiger partial charge in [-0.15, -0.1) is 0 Å². The number of halogens is 2. The van der Waals surface area contributed by atoms with Crippen molar-refractivity contribution in [3.05, 3.63) is 59.7 Å². The molecule has 11 heteroatoms. The van der Waals surface area contributed by atoms with Crippen LogP contribution in [0.15, 0.2) is 48.8 Å². The van der Waals surface area contributed by atoms with Gasteiger partial charge in [-0.2, -0.15) is 0 Å². The highest BCUT2D eigenvalue weighted by molar-refractivity contribution is 6.31. The summed E-state index contributed by atoms with van der Waals surface area (Å²) in [5, 5.41) is 6.67. The van der Waals surface area contributed by atoms with Crippen LogP contribution in [-0.2, 0) is 14.3 Å². The minimum absolute atomic E-state index is 0.00511. The molecular weight excluding hydrogens is 501 g/mol. The third-order valence-corrected chi connectivity index (χ3v) is 6.44. The molecule has 2 aliphatic heterocycles. The molecular formula is C26H27ClFN5O4. The second-order valence-electron chi connectivity index (χ2n) is 8.70. The van der Waals surface area contributed by atoms with Crippen molar-refractivity contribution in [3.63, 3.8) is 0 Å². The summed E-state index contributed by atoms with van der Waals surface area (Å²) in [7, 11) is 0. The molecule has 2 fully saturated rings. The van der Waals surface area contributed by atoms with Gasteiger partial charge in [-0.25, -0.2) is 14.4 Å². The molecule has 2 aromatic carbocycles. The topological polar surface area (TPSA) is 97.8 Å². The van der Waals surface area contributed by atoms with E-state index >= 15 is 0 Å². The molecule has 1 aromatic heterocycles. The zero-order valence-corrected chi connectivity index (χ0v) is 21.0. The maximum atomic E-state index is 13.6. The fourth-order valence-electron chi connectivity index (χ4n) is 4.44. The zero-order valence-electron chi connectivity index (χ0n) is 20.2. The van der Waals surface area contributed by atoms with Gasteiger partial charge in [0.2, 0.25) is 5.91 Å². The van der Waals surface area contributed by atoms with Crippen molar-refractivity contribution in [2.45, 2.75) is 19.1 Å². The van der Waals surface area contributed by atoms with Crippen LogP contribution in [0.5, 0.6) is 5.75 Å². The molecule has 0 unspecified atom stereocenters. The number of anilines is 3. The van der Waals surface area contributed by atoms with Gasteiger partial charge in [0.05, 0.1) is 48.3 Å². The summed E-state index contributed by atoms with van der Waals surface area (Å²) >= 11 is 5.92. The average molecular weight is 528 g/mol. The molecule has 2 N–H and O–H groups in total. The lowest BCUT2D eigenvalue weighted by Crippen LogP contribution is -2.36. The predicted octanol–water partition coefficient (Wildman–Crippen LogP) is 4.16. The first-order valence-electron chi connectivity index (χ1n) is 12.1. The lowest BCUT2D eigenvalue weighted by Gasteiger charge is -2.24. The SMILES string of the molecule is CCOc1cc2ncnc(Nc3ccc(F)c(Cl)c3)c2cc1NC(=O)C=CCN1C[C@@H]2OCCO[C@H]2C1. The third kappa shape index (κ3) is 5.99. The Labute approximate surface area is 218 Å². The number of nitrogens with one attached hydrogen (secondary N) is 2. The first-order valence-corrected chi connectivity index (χ1v) is 12.4. The summed E-state index contributed by atoms with van der Waals surface area (Å²) in [5.74, 6) is 0.163. The van der Waals surface area contributed by atoms with Gasteiger partial charge >= 0.3 is 0 Å². The number of nitrogens with zero attached hydrogens (tertiary/aromatic N) is 3. The molecule has 0 radical (unpaired) electrons. The van der Waals surface area contributed by atoms with Crippen LogP contribution in [0.25, 0.3) is 10.9 Å². The number of hydrogen-bond acceptors (Lipinski definition) is 8.